The first-order chi connectivity index (χ1) is 9.61. The molecule has 0 unspecified atom stereocenters. The lowest BCUT2D eigenvalue weighted by atomic mass is 10.1. The van der Waals surface area contributed by atoms with E-state index in [-0.39, 0.29) is 0 Å². The number of hydrogen-bond donors (Lipinski definition) is 1. The molecule has 0 spiro atoms. The summed E-state index contributed by atoms with van der Waals surface area (Å²) in [5.74, 6) is 0.641. The summed E-state index contributed by atoms with van der Waals surface area (Å²) in [7, 11) is 0. The highest BCUT2D eigenvalue weighted by atomic mass is 79.9. The number of thioether (sulfide) groups is 1. The summed E-state index contributed by atoms with van der Waals surface area (Å²) in [5, 5.41) is 10.9. The number of benzene rings is 1. The van der Waals surface area contributed by atoms with Gasteiger partial charge >= 0.3 is 5.63 Å². The van der Waals surface area contributed by atoms with E-state index in [1.165, 1.54) is 11.8 Å². The Labute approximate surface area is 128 Å². The minimum absolute atomic E-state index is 0.333. The third kappa shape index (κ3) is 3.44. The zero-order valence-electron chi connectivity index (χ0n) is 10.4. The van der Waals surface area contributed by atoms with Gasteiger partial charge in [-0.2, -0.15) is 5.26 Å². The monoisotopic (exact) mass is 350 g/mol. The lowest BCUT2D eigenvalue weighted by Crippen LogP contribution is -2.10. The van der Waals surface area contributed by atoms with Crippen LogP contribution in [0.25, 0.3) is 16.7 Å². The second kappa shape index (κ2) is 6.64. The number of nitrogens with zero attached hydrogens (tertiary/aromatic N) is 1. The van der Waals surface area contributed by atoms with Gasteiger partial charge in [-0.05, 0) is 29.7 Å². The highest BCUT2D eigenvalue weighted by molar-refractivity contribution is 9.10. The maximum absolute atomic E-state index is 11.9. The molecule has 0 saturated heterocycles. The maximum atomic E-state index is 11.9. The smallest absolute Gasteiger partial charge is 0.345 e. The summed E-state index contributed by atoms with van der Waals surface area (Å²) < 4.78 is 6.14. The first-order valence-electron chi connectivity index (χ1n) is 5.80. The predicted octanol–water partition coefficient (Wildman–Crippen LogP) is 3.46. The van der Waals surface area contributed by atoms with Crippen LogP contribution in [0.15, 0.2) is 43.4 Å². The van der Waals surface area contributed by atoms with Gasteiger partial charge in [-0.3, -0.25) is 0 Å². The van der Waals surface area contributed by atoms with Crippen molar-refractivity contribution < 1.29 is 4.42 Å². The number of rotatable bonds is 4. The Kier molecular flexibility index (Phi) is 4.88. The van der Waals surface area contributed by atoms with Gasteiger partial charge in [-0.15, -0.1) is 11.8 Å². The van der Waals surface area contributed by atoms with Crippen LogP contribution in [0.5, 0.6) is 0 Å². The van der Waals surface area contributed by atoms with Crippen LogP contribution in [-0.2, 0) is 0 Å². The molecule has 2 aromatic rings. The van der Waals surface area contributed by atoms with Gasteiger partial charge < -0.3 is 10.2 Å². The molecular weight excluding hydrogens is 340 g/mol. The zero-order chi connectivity index (χ0) is 14.5. The number of nitrogens with two attached hydrogens (primary N) is 1. The Morgan fingerprint density at radius 1 is 1.50 bits per heavy atom. The largest absolute Gasteiger partial charge is 0.422 e. The Hall–Kier alpha value is -1.71. The molecule has 102 valence electrons. The summed E-state index contributed by atoms with van der Waals surface area (Å²) in [5.41, 5.74) is 6.63. The van der Waals surface area contributed by atoms with Crippen molar-refractivity contribution in [2.75, 3.05) is 5.75 Å². The third-order valence-corrected chi connectivity index (χ3v) is 3.90. The molecule has 0 aliphatic heterocycles. The van der Waals surface area contributed by atoms with Crippen LogP contribution in [0.3, 0.4) is 0 Å². The number of fused-ring (bicyclic) bond motifs is 1. The highest BCUT2D eigenvalue weighted by Gasteiger charge is 2.08. The van der Waals surface area contributed by atoms with Crippen molar-refractivity contribution >= 4 is 44.4 Å². The van der Waals surface area contributed by atoms with Crippen LogP contribution in [0, 0.1) is 11.3 Å². The molecule has 0 aliphatic carbocycles. The highest BCUT2D eigenvalue weighted by Crippen LogP contribution is 2.21. The van der Waals surface area contributed by atoms with E-state index in [1.807, 2.05) is 18.2 Å². The van der Waals surface area contributed by atoms with E-state index in [1.54, 1.807) is 17.5 Å². The maximum Gasteiger partial charge on any atom is 0.345 e. The topological polar surface area (TPSA) is 80.0 Å². The van der Waals surface area contributed by atoms with E-state index in [0.29, 0.717) is 29.0 Å². The fourth-order valence-corrected chi connectivity index (χ4v) is 2.62. The van der Waals surface area contributed by atoms with E-state index in [2.05, 4.69) is 15.9 Å². The molecule has 20 heavy (non-hydrogen) atoms. The molecule has 1 aromatic heterocycles. The lowest BCUT2D eigenvalue weighted by molar-refractivity contribution is 0.558. The van der Waals surface area contributed by atoms with Gasteiger partial charge in [0.1, 0.15) is 5.58 Å². The zero-order valence-corrected chi connectivity index (χ0v) is 12.8. The molecule has 0 aliphatic rings. The molecule has 0 saturated carbocycles. The quantitative estimate of drug-likeness (QED) is 0.674. The molecule has 4 nitrogen and oxygen atoms in total. The van der Waals surface area contributed by atoms with Gasteiger partial charge in [0.25, 0.3) is 0 Å². The van der Waals surface area contributed by atoms with E-state index < -0.39 is 5.63 Å². The molecule has 1 aromatic carbocycles. The molecule has 2 N–H and O–H groups in total. The molecule has 2 rings (SSSR count). The summed E-state index contributed by atoms with van der Waals surface area (Å²) >= 11 is 4.77. The van der Waals surface area contributed by atoms with Crippen LogP contribution >= 0.6 is 27.7 Å². The van der Waals surface area contributed by atoms with Gasteiger partial charge in [-0.1, -0.05) is 15.9 Å². The molecule has 0 amide bonds. The van der Waals surface area contributed by atoms with Gasteiger partial charge in [0.2, 0.25) is 0 Å². The minimum atomic E-state index is -0.463. The van der Waals surface area contributed by atoms with Gasteiger partial charge in [0.05, 0.1) is 17.3 Å². The Morgan fingerprint density at radius 2 is 2.30 bits per heavy atom. The fraction of sp³-hybridized carbons (Fsp3) is 0.143. The minimum Gasteiger partial charge on any atom is -0.422 e. The van der Waals surface area contributed by atoms with Crippen LogP contribution in [0.4, 0.5) is 0 Å². The first-order valence-corrected chi connectivity index (χ1v) is 7.64. The van der Waals surface area contributed by atoms with Crippen molar-refractivity contribution in [1.82, 2.24) is 0 Å². The van der Waals surface area contributed by atoms with Crippen molar-refractivity contribution in [1.29, 1.82) is 5.26 Å². The standard InChI is InChI=1S/C14H11BrN2O2S/c15-10-2-3-13-9(6-10)7-11(14(18)19-13)12(17)8-20-5-1-4-16/h2-3,6-8H,1,5,17H2/b12-8-. The number of halogens is 1. The van der Waals surface area contributed by atoms with Gasteiger partial charge in [0, 0.05) is 22.0 Å². The fourth-order valence-electron chi connectivity index (χ4n) is 1.61. The van der Waals surface area contributed by atoms with Crippen LogP contribution in [0.2, 0.25) is 0 Å². The second-order valence-electron chi connectivity index (χ2n) is 3.98. The third-order valence-electron chi connectivity index (χ3n) is 2.55. The second-order valence-corrected chi connectivity index (χ2v) is 5.87. The molecule has 0 bridgehead atoms. The average molecular weight is 351 g/mol. The van der Waals surface area contributed by atoms with Gasteiger partial charge in [-0.25, -0.2) is 4.79 Å². The van der Waals surface area contributed by atoms with E-state index in [0.717, 1.165) is 9.86 Å². The Balaban J connectivity index is 2.36. The van der Waals surface area contributed by atoms with Crippen molar-refractivity contribution in [3.8, 4) is 6.07 Å². The number of nitriles is 1. The van der Waals surface area contributed by atoms with Crippen molar-refractivity contribution in [2.24, 2.45) is 5.73 Å². The van der Waals surface area contributed by atoms with Crippen LogP contribution in [-0.4, -0.2) is 5.75 Å². The van der Waals surface area contributed by atoms with E-state index in [4.69, 9.17) is 15.4 Å². The molecule has 6 heteroatoms. The van der Waals surface area contributed by atoms with Crippen LogP contribution in [0.1, 0.15) is 12.0 Å². The normalized spacial score (nSPS) is 11.5. The van der Waals surface area contributed by atoms with Crippen molar-refractivity contribution in [3.05, 3.63) is 50.1 Å². The SMILES string of the molecule is N#CCCS/C=C(\N)c1cc2cc(Br)ccc2oc1=O. The Bertz CT molecular complexity index is 762. The van der Waals surface area contributed by atoms with Crippen molar-refractivity contribution in [3.63, 3.8) is 0 Å². The molecular formula is C14H11BrN2O2S. The Morgan fingerprint density at radius 3 is 3.05 bits per heavy atom. The lowest BCUT2D eigenvalue weighted by Gasteiger charge is -2.03. The van der Waals surface area contributed by atoms with Gasteiger partial charge in [0.15, 0.2) is 0 Å². The van der Waals surface area contributed by atoms with E-state index in [9.17, 15) is 4.79 Å². The summed E-state index contributed by atoms with van der Waals surface area (Å²) in [4.78, 5) is 11.9. The summed E-state index contributed by atoms with van der Waals surface area (Å²) in [6.45, 7) is 0. The summed E-state index contributed by atoms with van der Waals surface area (Å²) in [6.07, 6.45) is 0.438. The predicted molar refractivity (Wildman–Crippen MR) is 85.0 cm³/mol. The number of hydrogen-bond acceptors (Lipinski definition) is 5. The molecule has 0 fully saturated rings. The molecule has 1 heterocycles. The van der Waals surface area contributed by atoms with Crippen LogP contribution < -0.4 is 11.4 Å². The molecule has 0 atom stereocenters. The molecule has 0 radical (unpaired) electrons. The van der Waals surface area contributed by atoms with E-state index >= 15 is 0 Å². The average Bonchev–Trinajstić information content (AvgIpc) is 2.43. The first kappa shape index (κ1) is 14.7. The summed E-state index contributed by atoms with van der Waals surface area (Å²) in [6, 6.07) is 9.15. The van der Waals surface area contributed by atoms with Crippen molar-refractivity contribution in [2.45, 2.75) is 6.42 Å².